The van der Waals surface area contributed by atoms with Crippen molar-refractivity contribution in [3.05, 3.63) is 0 Å². The van der Waals surface area contributed by atoms with Gasteiger partial charge in [-0.15, -0.1) is 12.4 Å². The molecule has 5 nitrogen and oxygen atoms in total. The van der Waals surface area contributed by atoms with Crippen molar-refractivity contribution in [3.8, 4) is 0 Å². The van der Waals surface area contributed by atoms with Gasteiger partial charge in [0.2, 0.25) is 5.91 Å². The number of halogens is 1. The van der Waals surface area contributed by atoms with Crippen LogP contribution >= 0.6 is 12.4 Å². The first-order chi connectivity index (χ1) is 8.02. The summed E-state index contributed by atoms with van der Waals surface area (Å²) in [5.74, 6) is -0.298. The third-order valence-electron chi connectivity index (χ3n) is 3.17. The van der Waals surface area contributed by atoms with Crippen molar-refractivity contribution in [1.29, 1.82) is 0 Å². The Hall–Kier alpha value is -0.810. The largest absolute Gasteiger partial charge is 0.469 e. The van der Waals surface area contributed by atoms with Crippen LogP contribution in [0.4, 0.5) is 0 Å². The minimum atomic E-state index is -0.307. The molecular weight excluding hydrogens is 256 g/mol. The Morgan fingerprint density at radius 3 is 2.67 bits per heavy atom. The zero-order valence-electron chi connectivity index (χ0n) is 11.0. The van der Waals surface area contributed by atoms with Crippen LogP contribution in [0, 0.1) is 5.92 Å². The highest BCUT2D eigenvalue weighted by Crippen LogP contribution is 2.23. The van der Waals surface area contributed by atoms with E-state index in [9.17, 15) is 9.59 Å². The van der Waals surface area contributed by atoms with Crippen LogP contribution in [-0.4, -0.2) is 31.1 Å². The molecule has 1 fully saturated rings. The van der Waals surface area contributed by atoms with E-state index in [0.29, 0.717) is 0 Å². The average Bonchev–Trinajstić information content (AvgIpc) is 2.28. The van der Waals surface area contributed by atoms with Gasteiger partial charge in [0.25, 0.3) is 0 Å². The third-order valence-corrected chi connectivity index (χ3v) is 3.17. The van der Waals surface area contributed by atoms with Crippen molar-refractivity contribution in [1.82, 2.24) is 5.32 Å². The van der Waals surface area contributed by atoms with E-state index in [4.69, 9.17) is 5.73 Å². The number of hydrogen-bond donors (Lipinski definition) is 2. The second-order valence-corrected chi connectivity index (χ2v) is 4.81. The Bertz CT molecular complexity index is 286. The van der Waals surface area contributed by atoms with Crippen LogP contribution in [0.1, 0.15) is 39.0 Å². The Labute approximate surface area is 114 Å². The molecule has 0 aromatic heterocycles. The molecule has 1 saturated carbocycles. The second-order valence-electron chi connectivity index (χ2n) is 4.81. The van der Waals surface area contributed by atoms with Gasteiger partial charge in [-0.25, -0.2) is 0 Å². The minimum Gasteiger partial charge on any atom is -0.469 e. The Morgan fingerprint density at radius 2 is 2.11 bits per heavy atom. The highest BCUT2D eigenvalue weighted by Gasteiger charge is 2.26. The summed E-state index contributed by atoms with van der Waals surface area (Å²) >= 11 is 0. The first-order valence-electron chi connectivity index (χ1n) is 6.15. The molecule has 1 amide bonds. The molecule has 106 valence electrons. The van der Waals surface area contributed by atoms with Gasteiger partial charge in [-0.05, 0) is 26.2 Å². The highest BCUT2D eigenvalue weighted by atomic mass is 35.5. The number of methoxy groups -OCH3 is 1. The standard InChI is InChI=1S/C12H22N2O3.ClH/c1-8(6-11(15)17-2)14-12(16)9-4-3-5-10(13)7-9;/h8-10H,3-7,13H2,1-2H3,(H,14,16);1H. The maximum atomic E-state index is 11.9. The van der Waals surface area contributed by atoms with Crippen LogP contribution in [-0.2, 0) is 14.3 Å². The molecule has 1 aliphatic rings. The first-order valence-corrected chi connectivity index (χ1v) is 6.15. The highest BCUT2D eigenvalue weighted by molar-refractivity contribution is 5.85. The third kappa shape index (κ3) is 5.69. The summed E-state index contributed by atoms with van der Waals surface area (Å²) in [6.45, 7) is 1.80. The molecule has 0 spiro atoms. The number of amides is 1. The summed E-state index contributed by atoms with van der Waals surface area (Å²) in [6, 6.07) is -0.0523. The SMILES string of the molecule is COC(=O)CC(C)NC(=O)C1CCCC(N)C1.Cl. The van der Waals surface area contributed by atoms with Gasteiger partial charge in [0.1, 0.15) is 0 Å². The summed E-state index contributed by atoms with van der Waals surface area (Å²) in [5.41, 5.74) is 5.84. The summed E-state index contributed by atoms with van der Waals surface area (Å²) in [4.78, 5) is 22.9. The average molecular weight is 279 g/mol. The number of carbonyl (C=O) groups excluding carboxylic acids is 2. The maximum Gasteiger partial charge on any atom is 0.307 e. The molecule has 0 heterocycles. The van der Waals surface area contributed by atoms with Crippen LogP contribution in [0.2, 0.25) is 0 Å². The van der Waals surface area contributed by atoms with Crippen molar-refractivity contribution in [2.45, 2.75) is 51.1 Å². The summed E-state index contributed by atoms with van der Waals surface area (Å²) in [5, 5.41) is 2.84. The van der Waals surface area contributed by atoms with E-state index in [1.807, 2.05) is 0 Å². The van der Waals surface area contributed by atoms with Gasteiger partial charge in [0.15, 0.2) is 0 Å². The van der Waals surface area contributed by atoms with Crippen molar-refractivity contribution < 1.29 is 14.3 Å². The number of ether oxygens (including phenoxy) is 1. The molecule has 18 heavy (non-hydrogen) atoms. The zero-order valence-corrected chi connectivity index (χ0v) is 11.8. The lowest BCUT2D eigenvalue weighted by atomic mass is 9.85. The zero-order chi connectivity index (χ0) is 12.8. The van der Waals surface area contributed by atoms with E-state index in [-0.39, 0.29) is 48.7 Å². The van der Waals surface area contributed by atoms with Gasteiger partial charge in [-0.1, -0.05) is 6.42 Å². The first kappa shape index (κ1) is 17.2. The molecule has 0 bridgehead atoms. The predicted molar refractivity (Wildman–Crippen MR) is 71.4 cm³/mol. The van der Waals surface area contributed by atoms with Crippen LogP contribution in [0.5, 0.6) is 0 Å². The fourth-order valence-corrected chi connectivity index (χ4v) is 2.21. The molecular formula is C12H23ClN2O3. The number of carbonyl (C=O) groups is 2. The quantitative estimate of drug-likeness (QED) is 0.752. The van der Waals surface area contributed by atoms with Crippen molar-refractivity contribution in [2.75, 3.05) is 7.11 Å². The Balaban J connectivity index is 0.00000289. The summed E-state index contributed by atoms with van der Waals surface area (Å²) < 4.78 is 4.55. The van der Waals surface area contributed by atoms with Gasteiger partial charge in [-0.2, -0.15) is 0 Å². The van der Waals surface area contributed by atoms with E-state index in [1.54, 1.807) is 6.92 Å². The summed E-state index contributed by atoms with van der Waals surface area (Å²) in [7, 11) is 1.34. The maximum absolute atomic E-state index is 11.9. The van der Waals surface area contributed by atoms with E-state index >= 15 is 0 Å². The molecule has 1 aliphatic carbocycles. The summed E-state index contributed by atoms with van der Waals surface area (Å²) in [6.07, 6.45) is 3.86. The predicted octanol–water partition coefficient (Wildman–Crippen LogP) is 0.993. The molecule has 0 radical (unpaired) electrons. The molecule has 0 saturated heterocycles. The topological polar surface area (TPSA) is 81.4 Å². The lowest BCUT2D eigenvalue weighted by Crippen LogP contribution is -2.42. The van der Waals surface area contributed by atoms with Gasteiger partial charge >= 0.3 is 5.97 Å². The molecule has 3 atom stereocenters. The van der Waals surface area contributed by atoms with Crippen LogP contribution < -0.4 is 11.1 Å². The van der Waals surface area contributed by atoms with E-state index in [1.165, 1.54) is 7.11 Å². The van der Waals surface area contributed by atoms with Gasteiger partial charge < -0.3 is 15.8 Å². The van der Waals surface area contributed by atoms with Crippen LogP contribution in [0.15, 0.2) is 0 Å². The van der Waals surface area contributed by atoms with E-state index in [0.717, 1.165) is 25.7 Å². The van der Waals surface area contributed by atoms with E-state index in [2.05, 4.69) is 10.1 Å². The number of esters is 1. The second kappa shape index (κ2) is 8.32. The van der Waals surface area contributed by atoms with E-state index < -0.39 is 0 Å². The minimum absolute atomic E-state index is 0. The lowest BCUT2D eigenvalue weighted by molar-refractivity contribution is -0.141. The van der Waals surface area contributed by atoms with Crippen molar-refractivity contribution >= 4 is 24.3 Å². The van der Waals surface area contributed by atoms with Crippen LogP contribution in [0.3, 0.4) is 0 Å². The fourth-order valence-electron chi connectivity index (χ4n) is 2.21. The number of nitrogens with two attached hydrogens (primary N) is 1. The number of nitrogens with one attached hydrogen (secondary N) is 1. The Morgan fingerprint density at radius 1 is 1.44 bits per heavy atom. The molecule has 3 unspecified atom stereocenters. The van der Waals surface area contributed by atoms with Crippen molar-refractivity contribution in [2.24, 2.45) is 11.7 Å². The normalized spacial score (nSPS) is 24.6. The van der Waals surface area contributed by atoms with Gasteiger partial charge in [0, 0.05) is 18.0 Å². The van der Waals surface area contributed by atoms with Gasteiger partial charge in [0.05, 0.1) is 13.5 Å². The molecule has 0 aromatic carbocycles. The molecule has 3 N–H and O–H groups in total. The van der Waals surface area contributed by atoms with Crippen LogP contribution in [0.25, 0.3) is 0 Å². The molecule has 0 aliphatic heterocycles. The Kier molecular flexibility index (Phi) is 7.95. The molecule has 1 rings (SSSR count). The molecule has 0 aromatic rings. The number of hydrogen-bond acceptors (Lipinski definition) is 4. The fraction of sp³-hybridized carbons (Fsp3) is 0.833. The van der Waals surface area contributed by atoms with Crippen molar-refractivity contribution in [3.63, 3.8) is 0 Å². The smallest absolute Gasteiger partial charge is 0.307 e. The lowest BCUT2D eigenvalue weighted by Gasteiger charge is -2.26. The number of rotatable bonds is 4. The molecule has 6 heteroatoms. The monoisotopic (exact) mass is 278 g/mol. The van der Waals surface area contributed by atoms with Gasteiger partial charge in [-0.3, -0.25) is 9.59 Å².